The first-order valence-electron chi connectivity index (χ1n) is 5.80. The molecule has 3 heteroatoms. The Balaban J connectivity index is 2.06. The maximum absolute atomic E-state index is 11.2. The van der Waals surface area contributed by atoms with Crippen LogP contribution in [0.3, 0.4) is 0 Å². The molecule has 0 radical (unpaired) electrons. The Morgan fingerprint density at radius 2 is 1.78 bits per heavy atom. The average molecular weight is 236 g/mol. The average Bonchev–Trinajstić information content (AvgIpc) is 2.82. The first-order valence-corrected chi connectivity index (χ1v) is 5.80. The number of Topliss-reactive ketones (excluding diaryl/α,β-unsaturated/α-hetero) is 1. The summed E-state index contributed by atoms with van der Waals surface area (Å²) in [6.45, 7) is 1.57. The molecule has 0 N–H and O–H groups in total. The van der Waals surface area contributed by atoms with Gasteiger partial charge in [-0.2, -0.15) is 5.10 Å². The van der Waals surface area contributed by atoms with Crippen molar-refractivity contribution in [2.75, 3.05) is 0 Å². The summed E-state index contributed by atoms with van der Waals surface area (Å²) in [4.78, 5) is 11.2. The maximum Gasteiger partial charge on any atom is 0.159 e. The van der Waals surface area contributed by atoms with E-state index in [9.17, 15) is 4.79 Å². The second-order valence-electron chi connectivity index (χ2n) is 4.24. The van der Waals surface area contributed by atoms with Crippen LogP contribution < -0.4 is 0 Å². The van der Waals surface area contributed by atoms with Crippen molar-refractivity contribution >= 4 is 16.7 Å². The minimum Gasteiger partial charge on any atom is -0.295 e. The van der Waals surface area contributed by atoms with Crippen molar-refractivity contribution in [1.29, 1.82) is 0 Å². The smallest absolute Gasteiger partial charge is 0.159 e. The SMILES string of the molecule is CC(=O)c1ccc(-n2cc3ccccc3n2)cc1. The number of nitrogens with zero attached hydrogens (tertiary/aromatic N) is 2. The molecule has 0 atom stereocenters. The van der Waals surface area contributed by atoms with Gasteiger partial charge in [0, 0.05) is 17.1 Å². The number of benzene rings is 2. The molecule has 0 bridgehead atoms. The van der Waals surface area contributed by atoms with E-state index in [0.29, 0.717) is 0 Å². The summed E-state index contributed by atoms with van der Waals surface area (Å²) in [5.41, 5.74) is 2.64. The molecule has 0 aliphatic rings. The van der Waals surface area contributed by atoms with Gasteiger partial charge < -0.3 is 0 Å². The summed E-state index contributed by atoms with van der Waals surface area (Å²) in [5, 5.41) is 5.59. The van der Waals surface area contributed by atoms with E-state index in [-0.39, 0.29) is 5.78 Å². The molecular formula is C15H12N2O. The quantitative estimate of drug-likeness (QED) is 0.640. The number of hydrogen-bond acceptors (Lipinski definition) is 2. The Hall–Kier alpha value is -2.42. The summed E-state index contributed by atoms with van der Waals surface area (Å²) < 4.78 is 1.83. The lowest BCUT2D eigenvalue weighted by Crippen LogP contribution is -1.96. The molecule has 0 spiro atoms. The molecule has 3 nitrogen and oxygen atoms in total. The number of aromatic nitrogens is 2. The van der Waals surface area contributed by atoms with E-state index >= 15 is 0 Å². The number of ketones is 1. The van der Waals surface area contributed by atoms with Crippen molar-refractivity contribution in [1.82, 2.24) is 9.78 Å². The first kappa shape index (κ1) is 10.7. The zero-order chi connectivity index (χ0) is 12.5. The number of rotatable bonds is 2. The normalized spacial score (nSPS) is 10.7. The minimum absolute atomic E-state index is 0.0761. The largest absolute Gasteiger partial charge is 0.295 e. The van der Waals surface area contributed by atoms with Crippen LogP contribution in [0.15, 0.2) is 54.7 Å². The van der Waals surface area contributed by atoms with Crippen LogP contribution in [0, 0.1) is 0 Å². The van der Waals surface area contributed by atoms with Crippen molar-refractivity contribution < 1.29 is 4.79 Å². The molecule has 0 amide bonds. The van der Waals surface area contributed by atoms with Crippen LogP contribution in [0.4, 0.5) is 0 Å². The van der Waals surface area contributed by atoms with Crippen molar-refractivity contribution in [3.05, 3.63) is 60.3 Å². The van der Waals surface area contributed by atoms with Gasteiger partial charge in [-0.05, 0) is 37.3 Å². The van der Waals surface area contributed by atoms with Gasteiger partial charge in [-0.1, -0.05) is 18.2 Å². The Labute approximate surface area is 105 Å². The Morgan fingerprint density at radius 1 is 1.06 bits per heavy atom. The molecule has 0 aliphatic carbocycles. The predicted molar refractivity (Wildman–Crippen MR) is 71.1 cm³/mol. The molecule has 3 aromatic rings. The lowest BCUT2D eigenvalue weighted by molar-refractivity contribution is 0.101. The second-order valence-corrected chi connectivity index (χ2v) is 4.24. The molecular weight excluding hydrogens is 224 g/mol. The van der Waals surface area contributed by atoms with Crippen molar-refractivity contribution in [3.8, 4) is 5.69 Å². The van der Waals surface area contributed by atoms with E-state index in [1.807, 2.05) is 59.4 Å². The molecule has 0 fully saturated rings. The number of fused-ring (bicyclic) bond motifs is 1. The molecule has 0 unspecified atom stereocenters. The Morgan fingerprint density at radius 3 is 2.44 bits per heavy atom. The molecule has 0 aliphatic heterocycles. The molecule has 2 aromatic carbocycles. The molecule has 1 heterocycles. The third-order valence-electron chi connectivity index (χ3n) is 2.95. The molecule has 3 rings (SSSR count). The summed E-state index contributed by atoms with van der Waals surface area (Å²) in [6.07, 6.45) is 1.98. The summed E-state index contributed by atoms with van der Waals surface area (Å²) in [7, 11) is 0. The standard InChI is InChI=1S/C15H12N2O/c1-11(18)12-6-8-14(9-7-12)17-10-13-4-2-3-5-15(13)16-17/h2-10H,1H3. The minimum atomic E-state index is 0.0761. The fraction of sp³-hybridized carbons (Fsp3) is 0.0667. The highest BCUT2D eigenvalue weighted by atomic mass is 16.1. The zero-order valence-corrected chi connectivity index (χ0v) is 10.00. The second kappa shape index (κ2) is 4.11. The topological polar surface area (TPSA) is 34.9 Å². The predicted octanol–water partition coefficient (Wildman–Crippen LogP) is 3.23. The van der Waals surface area contributed by atoms with Gasteiger partial charge in [0.05, 0.1) is 11.2 Å². The van der Waals surface area contributed by atoms with Crippen LogP contribution in [-0.4, -0.2) is 15.6 Å². The Kier molecular flexibility index (Phi) is 2.45. The molecule has 1 aromatic heterocycles. The van der Waals surface area contributed by atoms with Gasteiger partial charge in [-0.15, -0.1) is 0 Å². The number of hydrogen-bond donors (Lipinski definition) is 0. The van der Waals surface area contributed by atoms with Gasteiger partial charge in [0.1, 0.15) is 0 Å². The van der Waals surface area contributed by atoms with Gasteiger partial charge in [0.25, 0.3) is 0 Å². The van der Waals surface area contributed by atoms with Crippen LogP contribution in [-0.2, 0) is 0 Å². The third kappa shape index (κ3) is 1.80. The van der Waals surface area contributed by atoms with E-state index < -0.39 is 0 Å². The fourth-order valence-electron chi connectivity index (χ4n) is 1.95. The van der Waals surface area contributed by atoms with Crippen molar-refractivity contribution in [2.24, 2.45) is 0 Å². The number of carbonyl (C=O) groups excluding carboxylic acids is 1. The van der Waals surface area contributed by atoms with E-state index in [1.165, 1.54) is 0 Å². The van der Waals surface area contributed by atoms with E-state index in [4.69, 9.17) is 0 Å². The maximum atomic E-state index is 11.2. The lowest BCUT2D eigenvalue weighted by atomic mass is 10.1. The monoisotopic (exact) mass is 236 g/mol. The zero-order valence-electron chi connectivity index (χ0n) is 10.00. The van der Waals surface area contributed by atoms with Crippen LogP contribution >= 0.6 is 0 Å². The Bertz CT molecular complexity index is 678. The fourth-order valence-corrected chi connectivity index (χ4v) is 1.95. The van der Waals surface area contributed by atoms with E-state index in [0.717, 1.165) is 22.2 Å². The van der Waals surface area contributed by atoms with E-state index in [2.05, 4.69) is 5.10 Å². The van der Waals surface area contributed by atoms with E-state index in [1.54, 1.807) is 6.92 Å². The summed E-state index contributed by atoms with van der Waals surface area (Å²) in [5.74, 6) is 0.0761. The highest BCUT2D eigenvalue weighted by Gasteiger charge is 2.03. The first-order chi connectivity index (χ1) is 8.74. The van der Waals surface area contributed by atoms with Crippen LogP contribution in [0.5, 0.6) is 0 Å². The summed E-state index contributed by atoms with van der Waals surface area (Å²) >= 11 is 0. The van der Waals surface area contributed by atoms with Crippen LogP contribution in [0.1, 0.15) is 17.3 Å². The van der Waals surface area contributed by atoms with Gasteiger partial charge in [0.2, 0.25) is 0 Å². The lowest BCUT2D eigenvalue weighted by Gasteiger charge is -2.01. The van der Waals surface area contributed by atoms with Gasteiger partial charge >= 0.3 is 0 Å². The molecule has 18 heavy (non-hydrogen) atoms. The van der Waals surface area contributed by atoms with Crippen LogP contribution in [0.25, 0.3) is 16.6 Å². The molecule has 0 saturated heterocycles. The summed E-state index contributed by atoms with van der Waals surface area (Å²) in [6, 6.07) is 15.4. The van der Waals surface area contributed by atoms with Crippen molar-refractivity contribution in [3.63, 3.8) is 0 Å². The van der Waals surface area contributed by atoms with Crippen molar-refractivity contribution in [2.45, 2.75) is 6.92 Å². The van der Waals surface area contributed by atoms with Gasteiger partial charge in [0.15, 0.2) is 5.78 Å². The highest BCUT2D eigenvalue weighted by molar-refractivity contribution is 5.94. The molecule has 0 saturated carbocycles. The van der Waals surface area contributed by atoms with Gasteiger partial charge in [-0.25, -0.2) is 4.68 Å². The van der Waals surface area contributed by atoms with Crippen LogP contribution in [0.2, 0.25) is 0 Å². The molecule has 88 valence electrons. The third-order valence-corrected chi connectivity index (χ3v) is 2.95. The van der Waals surface area contributed by atoms with Gasteiger partial charge in [-0.3, -0.25) is 4.79 Å². The number of carbonyl (C=O) groups is 1. The highest BCUT2D eigenvalue weighted by Crippen LogP contribution is 2.15.